The molecule has 0 saturated heterocycles. The molecule has 0 bridgehead atoms. The average Bonchev–Trinajstić information content (AvgIpc) is 2.88. The van der Waals surface area contributed by atoms with Crippen molar-refractivity contribution in [3.63, 3.8) is 0 Å². The first-order chi connectivity index (χ1) is 9.13. The van der Waals surface area contributed by atoms with Gasteiger partial charge >= 0.3 is 0 Å². The molecule has 1 aromatic carbocycles. The molecule has 0 unspecified atom stereocenters. The fraction of sp³-hybridized carbons (Fsp3) is 0.333. The Bertz CT molecular complexity index is 523. The molecule has 0 saturated carbocycles. The van der Waals surface area contributed by atoms with E-state index < -0.39 is 0 Å². The molecule has 0 aliphatic rings. The standard InChI is InChI=1S/C15H17Cl2NS/c1-11(2)18(10-12-5-4-8-19-12)15-7-3-6-14(17)13(15)9-16/h3-8,11H,9-10H2,1-2H3. The molecule has 2 aromatic rings. The maximum absolute atomic E-state index is 6.25. The third-order valence-corrected chi connectivity index (χ3v) is 4.55. The van der Waals surface area contributed by atoms with Crippen molar-refractivity contribution in [1.82, 2.24) is 0 Å². The summed E-state index contributed by atoms with van der Waals surface area (Å²) in [6.45, 7) is 5.26. The quantitative estimate of drug-likeness (QED) is 0.654. The molecule has 0 spiro atoms. The van der Waals surface area contributed by atoms with E-state index in [9.17, 15) is 0 Å². The average molecular weight is 314 g/mol. The van der Waals surface area contributed by atoms with Crippen molar-refractivity contribution in [2.24, 2.45) is 0 Å². The number of rotatable bonds is 5. The number of hydrogen-bond acceptors (Lipinski definition) is 2. The summed E-state index contributed by atoms with van der Waals surface area (Å²) in [6.07, 6.45) is 0. The molecule has 4 heteroatoms. The lowest BCUT2D eigenvalue weighted by Gasteiger charge is -2.30. The molecule has 0 aliphatic carbocycles. The van der Waals surface area contributed by atoms with Crippen LogP contribution in [-0.4, -0.2) is 6.04 Å². The van der Waals surface area contributed by atoms with Crippen molar-refractivity contribution in [2.45, 2.75) is 32.3 Å². The summed E-state index contributed by atoms with van der Waals surface area (Å²) in [7, 11) is 0. The van der Waals surface area contributed by atoms with Crippen LogP contribution in [0.2, 0.25) is 5.02 Å². The third kappa shape index (κ3) is 3.44. The largest absolute Gasteiger partial charge is 0.364 e. The van der Waals surface area contributed by atoms with Crippen LogP contribution in [-0.2, 0) is 12.4 Å². The van der Waals surface area contributed by atoms with E-state index in [0.29, 0.717) is 11.9 Å². The van der Waals surface area contributed by atoms with Gasteiger partial charge in [-0.25, -0.2) is 0 Å². The topological polar surface area (TPSA) is 3.24 Å². The van der Waals surface area contributed by atoms with Gasteiger partial charge in [-0.2, -0.15) is 0 Å². The first-order valence-corrected chi connectivity index (χ1v) is 8.05. The fourth-order valence-corrected chi connectivity index (χ4v) is 3.35. The molecule has 2 rings (SSSR count). The molecule has 19 heavy (non-hydrogen) atoms. The molecule has 0 fully saturated rings. The highest BCUT2D eigenvalue weighted by molar-refractivity contribution is 7.09. The van der Waals surface area contributed by atoms with Gasteiger partial charge in [0, 0.05) is 27.2 Å². The molecular weight excluding hydrogens is 297 g/mol. The van der Waals surface area contributed by atoms with Crippen LogP contribution in [0.3, 0.4) is 0 Å². The van der Waals surface area contributed by atoms with E-state index in [1.54, 1.807) is 11.3 Å². The molecule has 0 N–H and O–H groups in total. The van der Waals surface area contributed by atoms with Crippen molar-refractivity contribution in [3.8, 4) is 0 Å². The molecule has 0 atom stereocenters. The highest BCUT2D eigenvalue weighted by atomic mass is 35.5. The lowest BCUT2D eigenvalue weighted by molar-refractivity contribution is 0.685. The van der Waals surface area contributed by atoms with E-state index in [0.717, 1.165) is 22.8 Å². The Labute approximate surface area is 128 Å². The number of alkyl halides is 1. The number of halogens is 2. The SMILES string of the molecule is CC(C)N(Cc1cccs1)c1cccc(Cl)c1CCl. The Hall–Kier alpha value is -0.700. The van der Waals surface area contributed by atoms with E-state index in [2.05, 4.69) is 42.3 Å². The van der Waals surface area contributed by atoms with Gasteiger partial charge < -0.3 is 4.90 Å². The summed E-state index contributed by atoms with van der Waals surface area (Å²) in [5.41, 5.74) is 2.14. The van der Waals surface area contributed by atoms with Gasteiger partial charge in [0.25, 0.3) is 0 Å². The van der Waals surface area contributed by atoms with Gasteiger partial charge in [0.2, 0.25) is 0 Å². The fourth-order valence-electron chi connectivity index (χ4n) is 2.06. The Morgan fingerprint density at radius 3 is 2.58 bits per heavy atom. The van der Waals surface area contributed by atoms with Gasteiger partial charge in [-0.3, -0.25) is 0 Å². The van der Waals surface area contributed by atoms with E-state index in [1.807, 2.05) is 12.1 Å². The molecule has 1 nitrogen and oxygen atoms in total. The van der Waals surface area contributed by atoms with Crippen molar-refractivity contribution >= 4 is 40.2 Å². The zero-order valence-electron chi connectivity index (χ0n) is 11.1. The summed E-state index contributed by atoms with van der Waals surface area (Å²) in [4.78, 5) is 3.68. The zero-order chi connectivity index (χ0) is 13.8. The van der Waals surface area contributed by atoms with Gasteiger partial charge in [0.15, 0.2) is 0 Å². The number of nitrogens with zero attached hydrogens (tertiary/aromatic N) is 1. The Morgan fingerprint density at radius 2 is 2.00 bits per heavy atom. The smallest absolute Gasteiger partial charge is 0.0525 e. The number of thiophene rings is 1. The van der Waals surface area contributed by atoms with Gasteiger partial charge in [-0.1, -0.05) is 23.7 Å². The van der Waals surface area contributed by atoms with Gasteiger partial charge in [0.1, 0.15) is 0 Å². The summed E-state index contributed by atoms with van der Waals surface area (Å²) in [5, 5.41) is 2.85. The van der Waals surface area contributed by atoms with E-state index >= 15 is 0 Å². The van der Waals surface area contributed by atoms with Crippen LogP contribution in [0.25, 0.3) is 0 Å². The minimum absolute atomic E-state index is 0.391. The molecule has 0 radical (unpaired) electrons. The second-order valence-electron chi connectivity index (χ2n) is 4.67. The summed E-state index contributed by atoms with van der Waals surface area (Å²) in [6, 6.07) is 10.6. The lowest BCUT2D eigenvalue weighted by atomic mass is 10.1. The summed E-state index contributed by atoms with van der Waals surface area (Å²) >= 11 is 14.1. The number of benzene rings is 1. The van der Waals surface area contributed by atoms with Crippen LogP contribution < -0.4 is 4.90 Å². The van der Waals surface area contributed by atoms with Crippen LogP contribution in [0.5, 0.6) is 0 Å². The minimum atomic E-state index is 0.391. The first-order valence-electron chi connectivity index (χ1n) is 6.26. The second kappa shape index (κ2) is 6.65. The minimum Gasteiger partial charge on any atom is -0.364 e. The maximum atomic E-state index is 6.25. The molecule has 1 heterocycles. The zero-order valence-corrected chi connectivity index (χ0v) is 13.4. The van der Waals surface area contributed by atoms with Crippen LogP contribution in [0.4, 0.5) is 5.69 Å². The molecule has 102 valence electrons. The van der Waals surface area contributed by atoms with Crippen LogP contribution >= 0.6 is 34.5 Å². The van der Waals surface area contributed by atoms with Gasteiger partial charge in [-0.05, 0) is 37.4 Å². The van der Waals surface area contributed by atoms with E-state index in [1.165, 1.54) is 4.88 Å². The number of hydrogen-bond donors (Lipinski definition) is 0. The van der Waals surface area contributed by atoms with E-state index in [-0.39, 0.29) is 0 Å². The highest BCUT2D eigenvalue weighted by Gasteiger charge is 2.16. The summed E-state index contributed by atoms with van der Waals surface area (Å²) < 4.78 is 0. The molecular formula is C15H17Cl2NS. The van der Waals surface area contributed by atoms with Crippen molar-refractivity contribution in [1.29, 1.82) is 0 Å². The first kappa shape index (κ1) is 14.7. The van der Waals surface area contributed by atoms with Crippen molar-refractivity contribution in [3.05, 3.63) is 51.2 Å². The Kier molecular flexibility index (Phi) is 5.14. The van der Waals surface area contributed by atoms with Gasteiger partial charge in [-0.15, -0.1) is 22.9 Å². The predicted octanol–water partition coefficient (Wildman–Crippen LogP) is 5.56. The maximum Gasteiger partial charge on any atom is 0.0525 e. The third-order valence-electron chi connectivity index (χ3n) is 3.07. The van der Waals surface area contributed by atoms with Gasteiger partial charge in [0.05, 0.1) is 12.4 Å². The van der Waals surface area contributed by atoms with Crippen molar-refractivity contribution < 1.29 is 0 Å². The van der Waals surface area contributed by atoms with Crippen LogP contribution in [0.15, 0.2) is 35.7 Å². The molecule has 0 aliphatic heterocycles. The van der Waals surface area contributed by atoms with E-state index in [4.69, 9.17) is 23.2 Å². The van der Waals surface area contributed by atoms with Crippen LogP contribution in [0.1, 0.15) is 24.3 Å². The Balaban J connectivity index is 2.36. The predicted molar refractivity (Wildman–Crippen MR) is 86.6 cm³/mol. The lowest BCUT2D eigenvalue weighted by Crippen LogP contribution is -2.30. The summed E-state index contributed by atoms with van der Waals surface area (Å²) in [5.74, 6) is 0.433. The van der Waals surface area contributed by atoms with Crippen molar-refractivity contribution in [2.75, 3.05) is 4.90 Å². The monoisotopic (exact) mass is 313 g/mol. The second-order valence-corrected chi connectivity index (χ2v) is 6.38. The van der Waals surface area contributed by atoms with Crippen LogP contribution in [0, 0.1) is 0 Å². The highest BCUT2D eigenvalue weighted by Crippen LogP contribution is 2.31. The Morgan fingerprint density at radius 1 is 1.21 bits per heavy atom. The normalized spacial score (nSPS) is 11.0. The number of anilines is 1. The molecule has 0 amide bonds. The molecule has 1 aromatic heterocycles.